The minimum absolute atomic E-state index is 0.111. The number of ether oxygens (including phenoxy) is 3. The lowest BCUT2D eigenvalue weighted by Gasteiger charge is -2.48. The molecule has 0 radical (unpaired) electrons. The number of rotatable bonds is 4. The lowest BCUT2D eigenvalue weighted by atomic mass is 9.78. The maximum absolute atomic E-state index is 13.0. The number of aryl methyl sites for hydroxylation is 1. The normalized spacial score (nSPS) is 21.4. The first-order valence-corrected chi connectivity index (χ1v) is 14.6. The second-order valence-electron chi connectivity index (χ2n) is 12.5. The Bertz CT molecular complexity index is 1470. The van der Waals surface area contributed by atoms with Crippen molar-refractivity contribution in [3.63, 3.8) is 0 Å². The van der Waals surface area contributed by atoms with E-state index >= 15 is 0 Å². The Hall–Kier alpha value is -3.53. The van der Waals surface area contributed by atoms with Crippen LogP contribution >= 0.6 is 11.3 Å². The van der Waals surface area contributed by atoms with E-state index in [0.717, 1.165) is 59.7 Å². The lowest BCUT2D eigenvalue weighted by molar-refractivity contribution is -0.0350. The molecule has 212 valence electrons. The van der Waals surface area contributed by atoms with Crippen molar-refractivity contribution in [2.75, 3.05) is 25.4 Å². The summed E-state index contributed by atoms with van der Waals surface area (Å²) in [6.45, 7) is 9.46. The number of carbonyl (C=O) groups is 2. The average Bonchev–Trinajstić information content (AvgIpc) is 3.43. The van der Waals surface area contributed by atoms with Gasteiger partial charge in [-0.2, -0.15) is 0 Å². The number of nitrogens with one attached hydrogen (secondary N) is 1. The third kappa shape index (κ3) is 5.29. The van der Waals surface area contributed by atoms with Crippen LogP contribution in [0.15, 0.2) is 30.5 Å². The van der Waals surface area contributed by atoms with E-state index in [9.17, 15) is 9.59 Å². The highest BCUT2D eigenvalue weighted by Crippen LogP contribution is 2.47. The quantitative estimate of drug-likeness (QED) is 0.454. The number of likely N-dealkylation sites (tertiary alicyclic amines) is 1. The molecule has 1 aliphatic carbocycles. The Morgan fingerprint density at radius 2 is 2.05 bits per heavy atom. The van der Waals surface area contributed by atoms with E-state index < -0.39 is 5.60 Å². The molecule has 6 rings (SSSR count). The second kappa shape index (κ2) is 9.83. The predicted octanol–water partition coefficient (Wildman–Crippen LogP) is 5.09. The van der Waals surface area contributed by atoms with Crippen LogP contribution in [-0.2, 0) is 11.2 Å². The van der Waals surface area contributed by atoms with Gasteiger partial charge in [-0.05, 0) is 76.6 Å². The summed E-state index contributed by atoms with van der Waals surface area (Å²) in [5, 5.41) is 3.08. The van der Waals surface area contributed by atoms with Gasteiger partial charge in [-0.1, -0.05) is 6.07 Å². The van der Waals surface area contributed by atoms with Crippen LogP contribution in [0.2, 0.25) is 0 Å². The summed E-state index contributed by atoms with van der Waals surface area (Å²) in [4.78, 5) is 32.0. The van der Waals surface area contributed by atoms with Crippen LogP contribution in [0.5, 0.6) is 11.5 Å². The summed E-state index contributed by atoms with van der Waals surface area (Å²) in [6.07, 6.45) is 5.23. The number of amides is 2. The topological polar surface area (TPSA) is 116 Å². The predicted molar refractivity (Wildman–Crippen MR) is 154 cm³/mol. The molecular formula is C30H36N4O5S. The first-order valence-electron chi connectivity index (χ1n) is 13.8. The molecule has 1 spiro atoms. The fourth-order valence-electron chi connectivity index (χ4n) is 5.99. The standard InChI is InChI=1S/C30H36N4O5S/c1-17-9-23-25(32-13-17)24(31)26(40-23)27(35)33-19-10-18-5-6-20(11-22(18)37-14-19)38-21-7-8-30(12-21)15-34(16-30)28(36)39-29(2,3)4/h5-6,9,11,13,19,21H,7-8,10,12,14-16,31H2,1-4H3,(H,33,35)/t19-,21?/m1/s1. The number of hydrogen-bond acceptors (Lipinski definition) is 8. The Morgan fingerprint density at radius 3 is 2.83 bits per heavy atom. The molecule has 3 aliphatic rings. The van der Waals surface area contributed by atoms with Crippen molar-refractivity contribution in [2.45, 2.75) is 71.1 Å². The van der Waals surface area contributed by atoms with Gasteiger partial charge in [-0.15, -0.1) is 11.3 Å². The van der Waals surface area contributed by atoms with Crippen LogP contribution < -0.4 is 20.5 Å². The molecule has 1 saturated heterocycles. The van der Waals surface area contributed by atoms with Crippen molar-refractivity contribution < 1.29 is 23.8 Å². The van der Waals surface area contributed by atoms with Crippen molar-refractivity contribution in [1.82, 2.24) is 15.2 Å². The van der Waals surface area contributed by atoms with Crippen molar-refractivity contribution in [3.05, 3.63) is 46.5 Å². The van der Waals surface area contributed by atoms with Crippen LogP contribution in [0.4, 0.5) is 10.5 Å². The van der Waals surface area contributed by atoms with Crippen molar-refractivity contribution in [1.29, 1.82) is 0 Å². The maximum atomic E-state index is 13.0. The van der Waals surface area contributed by atoms with Gasteiger partial charge in [0, 0.05) is 30.8 Å². The monoisotopic (exact) mass is 564 g/mol. The zero-order valence-electron chi connectivity index (χ0n) is 23.4. The van der Waals surface area contributed by atoms with Crippen molar-refractivity contribution >= 4 is 39.2 Å². The van der Waals surface area contributed by atoms with Gasteiger partial charge in [-0.3, -0.25) is 9.78 Å². The molecule has 0 bridgehead atoms. The minimum atomic E-state index is -0.481. The van der Waals surface area contributed by atoms with E-state index in [1.54, 1.807) is 11.1 Å². The summed E-state index contributed by atoms with van der Waals surface area (Å²) in [5.74, 6) is 1.37. The summed E-state index contributed by atoms with van der Waals surface area (Å²) in [6, 6.07) is 7.78. The van der Waals surface area contributed by atoms with Crippen molar-refractivity contribution in [2.24, 2.45) is 5.41 Å². The van der Waals surface area contributed by atoms with Gasteiger partial charge in [0.05, 0.1) is 22.5 Å². The van der Waals surface area contributed by atoms with Gasteiger partial charge in [0.2, 0.25) is 0 Å². The molecule has 4 heterocycles. The summed E-state index contributed by atoms with van der Waals surface area (Å²) in [7, 11) is 0. The SMILES string of the molecule is Cc1cnc2c(N)c(C(=O)N[C@H]3COc4cc(OC5CCC6(C5)CN(C(=O)OC(C)(C)C)C6)ccc4C3)sc2c1. The van der Waals surface area contributed by atoms with Crippen LogP contribution in [0.1, 0.15) is 60.8 Å². The molecule has 3 N–H and O–H groups in total. The van der Waals surface area contributed by atoms with Gasteiger partial charge in [0.15, 0.2) is 0 Å². The number of aromatic nitrogens is 1. The number of thiophene rings is 1. The smallest absolute Gasteiger partial charge is 0.410 e. The van der Waals surface area contributed by atoms with Crippen LogP contribution in [0, 0.1) is 12.3 Å². The Labute approximate surface area is 238 Å². The molecule has 2 atom stereocenters. The molecule has 1 unspecified atom stereocenters. The zero-order valence-corrected chi connectivity index (χ0v) is 24.2. The summed E-state index contributed by atoms with van der Waals surface area (Å²) < 4.78 is 18.8. The van der Waals surface area contributed by atoms with Crippen molar-refractivity contribution in [3.8, 4) is 11.5 Å². The molecule has 1 saturated carbocycles. The first kappa shape index (κ1) is 26.7. The van der Waals surface area contributed by atoms with E-state index in [0.29, 0.717) is 29.1 Å². The van der Waals surface area contributed by atoms with E-state index in [4.69, 9.17) is 19.9 Å². The molecular weight excluding hydrogens is 528 g/mol. The molecule has 2 amide bonds. The first-order chi connectivity index (χ1) is 19.0. The Balaban J connectivity index is 1.03. The molecule has 3 aromatic rings. The van der Waals surface area contributed by atoms with E-state index in [-0.39, 0.29) is 29.6 Å². The fraction of sp³-hybridized carbons (Fsp3) is 0.500. The third-order valence-electron chi connectivity index (χ3n) is 7.85. The minimum Gasteiger partial charge on any atom is -0.491 e. The van der Waals surface area contributed by atoms with Gasteiger partial charge < -0.3 is 30.2 Å². The Kier molecular flexibility index (Phi) is 6.56. The highest BCUT2D eigenvalue weighted by Gasteiger charge is 2.51. The zero-order chi connectivity index (χ0) is 28.2. The maximum Gasteiger partial charge on any atom is 0.410 e. The number of nitrogens with zero attached hydrogens (tertiary/aromatic N) is 2. The molecule has 1 aromatic carbocycles. The van der Waals surface area contributed by atoms with Gasteiger partial charge in [0.25, 0.3) is 5.91 Å². The number of carbonyl (C=O) groups excluding carboxylic acids is 2. The number of nitrogen functional groups attached to an aromatic ring is 1. The summed E-state index contributed by atoms with van der Waals surface area (Å²) in [5.41, 5.74) is 9.04. The number of benzene rings is 1. The fourth-order valence-corrected chi connectivity index (χ4v) is 7.07. The number of anilines is 1. The van der Waals surface area contributed by atoms with E-state index in [1.165, 1.54) is 11.3 Å². The molecule has 10 heteroatoms. The van der Waals surface area contributed by atoms with Gasteiger partial charge in [-0.25, -0.2) is 4.79 Å². The van der Waals surface area contributed by atoms with Gasteiger partial charge >= 0.3 is 6.09 Å². The Morgan fingerprint density at radius 1 is 1.25 bits per heavy atom. The number of hydrogen-bond donors (Lipinski definition) is 2. The molecule has 9 nitrogen and oxygen atoms in total. The third-order valence-corrected chi connectivity index (χ3v) is 8.99. The van der Waals surface area contributed by atoms with E-state index in [1.807, 2.05) is 52.0 Å². The molecule has 40 heavy (non-hydrogen) atoms. The number of nitrogens with two attached hydrogens (primary N) is 1. The second-order valence-corrected chi connectivity index (χ2v) is 13.5. The highest BCUT2D eigenvalue weighted by atomic mass is 32.1. The van der Waals surface area contributed by atoms with E-state index in [2.05, 4.69) is 10.3 Å². The lowest BCUT2D eigenvalue weighted by Crippen LogP contribution is -2.58. The largest absolute Gasteiger partial charge is 0.491 e. The number of fused-ring (bicyclic) bond motifs is 2. The molecule has 2 aromatic heterocycles. The molecule has 2 fully saturated rings. The van der Waals surface area contributed by atoms with Gasteiger partial charge in [0.1, 0.15) is 34.1 Å². The average molecular weight is 565 g/mol. The summed E-state index contributed by atoms with van der Waals surface area (Å²) >= 11 is 1.36. The molecule has 2 aliphatic heterocycles. The highest BCUT2D eigenvalue weighted by molar-refractivity contribution is 7.21. The number of pyridine rings is 1. The van der Waals surface area contributed by atoms with Crippen LogP contribution in [-0.4, -0.2) is 59.3 Å². The van der Waals surface area contributed by atoms with Crippen LogP contribution in [0.3, 0.4) is 0 Å². The van der Waals surface area contributed by atoms with Crippen LogP contribution in [0.25, 0.3) is 10.2 Å².